The van der Waals surface area contributed by atoms with Crippen molar-refractivity contribution in [1.29, 1.82) is 0 Å². The molecule has 1 aromatic rings. The molecule has 0 amide bonds. The molecule has 1 aromatic carbocycles. The van der Waals surface area contributed by atoms with Gasteiger partial charge < -0.3 is 5.11 Å². The molecule has 0 heterocycles. The minimum absolute atomic E-state index is 0.238. The van der Waals surface area contributed by atoms with Crippen LogP contribution in [0, 0.1) is 11.8 Å². The van der Waals surface area contributed by atoms with E-state index in [9.17, 15) is 5.11 Å². The quantitative estimate of drug-likeness (QED) is 0.822. The van der Waals surface area contributed by atoms with Crippen LogP contribution < -0.4 is 0 Å². The third kappa shape index (κ3) is 2.01. The van der Waals surface area contributed by atoms with E-state index in [0.717, 1.165) is 5.56 Å². The molecule has 1 heteroatoms. The molecule has 2 aliphatic rings. The average molecular weight is 230 g/mol. The Bertz CT molecular complexity index is 410. The van der Waals surface area contributed by atoms with Crippen LogP contribution in [0.1, 0.15) is 55.4 Å². The summed E-state index contributed by atoms with van der Waals surface area (Å²) in [7, 11) is 0. The summed E-state index contributed by atoms with van der Waals surface area (Å²) in [6.07, 6.45) is 7.24. The number of hydrogen-bond donors (Lipinski definition) is 1. The van der Waals surface area contributed by atoms with Crippen molar-refractivity contribution in [2.75, 3.05) is 0 Å². The highest BCUT2D eigenvalue weighted by atomic mass is 16.3. The number of aliphatic hydroxyl groups is 1. The van der Waals surface area contributed by atoms with E-state index in [2.05, 4.69) is 25.1 Å². The van der Waals surface area contributed by atoms with Gasteiger partial charge in [0.05, 0.1) is 6.10 Å². The van der Waals surface area contributed by atoms with Crippen molar-refractivity contribution in [2.24, 2.45) is 11.8 Å². The minimum Gasteiger partial charge on any atom is -0.388 e. The van der Waals surface area contributed by atoms with Gasteiger partial charge in [0, 0.05) is 0 Å². The molecule has 0 spiro atoms. The summed E-state index contributed by atoms with van der Waals surface area (Å²) in [6.45, 7) is 2.29. The molecule has 0 aliphatic heterocycles. The minimum atomic E-state index is -0.238. The maximum atomic E-state index is 10.5. The standard InChI is InChI=1S/C16H22O/c1-11-4-2-7-15(11)16(17)14-9-8-12-5-3-6-13(12)10-14/h8-11,15-17H,2-7H2,1H3. The molecule has 3 unspecified atom stereocenters. The van der Waals surface area contributed by atoms with Crippen molar-refractivity contribution in [3.8, 4) is 0 Å². The summed E-state index contributed by atoms with van der Waals surface area (Å²) in [4.78, 5) is 0. The second-order valence-corrected chi connectivity index (χ2v) is 5.90. The van der Waals surface area contributed by atoms with Crippen LogP contribution in [0.3, 0.4) is 0 Å². The van der Waals surface area contributed by atoms with Crippen LogP contribution in [0.25, 0.3) is 0 Å². The molecule has 2 aliphatic carbocycles. The first-order chi connectivity index (χ1) is 8.25. The van der Waals surface area contributed by atoms with Gasteiger partial charge in [0.15, 0.2) is 0 Å². The molecule has 3 atom stereocenters. The molecular weight excluding hydrogens is 208 g/mol. The van der Waals surface area contributed by atoms with Gasteiger partial charge in [-0.3, -0.25) is 0 Å². The van der Waals surface area contributed by atoms with Crippen molar-refractivity contribution < 1.29 is 5.11 Å². The molecule has 3 rings (SSSR count). The zero-order chi connectivity index (χ0) is 11.8. The van der Waals surface area contributed by atoms with Crippen LogP contribution in [0.4, 0.5) is 0 Å². The third-order valence-corrected chi connectivity index (χ3v) is 4.80. The Labute approximate surface area is 104 Å². The van der Waals surface area contributed by atoms with Crippen LogP contribution in [0.2, 0.25) is 0 Å². The number of hydrogen-bond acceptors (Lipinski definition) is 1. The molecular formula is C16H22O. The molecule has 1 saturated carbocycles. The van der Waals surface area contributed by atoms with E-state index < -0.39 is 0 Å². The van der Waals surface area contributed by atoms with Crippen LogP contribution in [0.5, 0.6) is 0 Å². The summed E-state index contributed by atoms with van der Waals surface area (Å²) in [5, 5.41) is 10.5. The lowest BCUT2D eigenvalue weighted by Crippen LogP contribution is -2.15. The van der Waals surface area contributed by atoms with E-state index >= 15 is 0 Å². The van der Waals surface area contributed by atoms with Crippen LogP contribution in [0.15, 0.2) is 18.2 Å². The second kappa shape index (κ2) is 4.45. The predicted molar refractivity (Wildman–Crippen MR) is 69.9 cm³/mol. The largest absolute Gasteiger partial charge is 0.388 e. The van der Waals surface area contributed by atoms with Crippen LogP contribution in [-0.2, 0) is 12.8 Å². The lowest BCUT2D eigenvalue weighted by Gasteiger charge is -2.23. The average Bonchev–Trinajstić information content (AvgIpc) is 2.95. The van der Waals surface area contributed by atoms with Gasteiger partial charge in [-0.2, -0.15) is 0 Å². The van der Waals surface area contributed by atoms with E-state index in [1.807, 2.05) is 0 Å². The van der Waals surface area contributed by atoms with E-state index in [1.165, 1.54) is 49.7 Å². The van der Waals surface area contributed by atoms with Crippen molar-refractivity contribution in [1.82, 2.24) is 0 Å². The molecule has 17 heavy (non-hydrogen) atoms. The van der Waals surface area contributed by atoms with Gasteiger partial charge in [0.2, 0.25) is 0 Å². The van der Waals surface area contributed by atoms with Crippen LogP contribution >= 0.6 is 0 Å². The summed E-state index contributed by atoms with van der Waals surface area (Å²) in [5.41, 5.74) is 4.14. The fourth-order valence-electron chi connectivity index (χ4n) is 3.67. The Hall–Kier alpha value is -0.820. The molecule has 0 radical (unpaired) electrons. The Kier molecular flexibility index (Phi) is 2.96. The molecule has 1 N–H and O–H groups in total. The van der Waals surface area contributed by atoms with Gasteiger partial charge in [0.25, 0.3) is 0 Å². The summed E-state index contributed by atoms with van der Waals surface area (Å²) in [6, 6.07) is 6.65. The maximum absolute atomic E-state index is 10.5. The molecule has 0 bridgehead atoms. The van der Waals surface area contributed by atoms with E-state index in [1.54, 1.807) is 0 Å². The lowest BCUT2D eigenvalue weighted by atomic mass is 9.87. The third-order valence-electron chi connectivity index (χ3n) is 4.80. The van der Waals surface area contributed by atoms with Gasteiger partial charge in [-0.15, -0.1) is 0 Å². The number of aryl methyl sites for hydroxylation is 2. The van der Waals surface area contributed by atoms with Gasteiger partial charge in [0.1, 0.15) is 0 Å². The topological polar surface area (TPSA) is 20.2 Å². The van der Waals surface area contributed by atoms with Crippen molar-refractivity contribution in [2.45, 2.75) is 51.6 Å². The smallest absolute Gasteiger partial charge is 0.0820 e. The Morgan fingerprint density at radius 3 is 2.71 bits per heavy atom. The fourth-order valence-corrected chi connectivity index (χ4v) is 3.67. The Morgan fingerprint density at radius 1 is 1.12 bits per heavy atom. The van der Waals surface area contributed by atoms with Gasteiger partial charge in [-0.1, -0.05) is 38.0 Å². The normalized spacial score (nSPS) is 29.3. The number of rotatable bonds is 2. The molecule has 0 aromatic heterocycles. The first-order valence-corrected chi connectivity index (χ1v) is 7.05. The number of benzene rings is 1. The monoisotopic (exact) mass is 230 g/mol. The molecule has 1 nitrogen and oxygen atoms in total. The summed E-state index contributed by atoms with van der Waals surface area (Å²) >= 11 is 0. The summed E-state index contributed by atoms with van der Waals surface area (Å²) in [5.74, 6) is 1.16. The number of aliphatic hydroxyl groups excluding tert-OH is 1. The SMILES string of the molecule is CC1CCCC1C(O)c1ccc2c(c1)CCC2. The number of fused-ring (bicyclic) bond motifs is 1. The van der Waals surface area contributed by atoms with Gasteiger partial charge in [-0.25, -0.2) is 0 Å². The van der Waals surface area contributed by atoms with Crippen LogP contribution in [-0.4, -0.2) is 5.11 Å². The van der Waals surface area contributed by atoms with Crippen molar-refractivity contribution >= 4 is 0 Å². The Morgan fingerprint density at radius 2 is 1.94 bits per heavy atom. The van der Waals surface area contributed by atoms with Gasteiger partial charge >= 0.3 is 0 Å². The zero-order valence-electron chi connectivity index (χ0n) is 10.7. The first kappa shape index (κ1) is 11.3. The van der Waals surface area contributed by atoms with E-state index in [0.29, 0.717) is 11.8 Å². The second-order valence-electron chi connectivity index (χ2n) is 5.90. The first-order valence-electron chi connectivity index (χ1n) is 7.05. The molecule has 1 fully saturated rings. The van der Waals surface area contributed by atoms with E-state index in [4.69, 9.17) is 0 Å². The highest BCUT2D eigenvalue weighted by Gasteiger charge is 2.30. The maximum Gasteiger partial charge on any atom is 0.0820 e. The predicted octanol–water partition coefficient (Wildman–Crippen LogP) is 3.64. The van der Waals surface area contributed by atoms with Crippen molar-refractivity contribution in [3.05, 3.63) is 34.9 Å². The Balaban J connectivity index is 1.83. The van der Waals surface area contributed by atoms with Gasteiger partial charge in [-0.05, 0) is 54.2 Å². The van der Waals surface area contributed by atoms with E-state index in [-0.39, 0.29) is 6.10 Å². The fraction of sp³-hybridized carbons (Fsp3) is 0.625. The summed E-state index contributed by atoms with van der Waals surface area (Å²) < 4.78 is 0. The lowest BCUT2D eigenvalue weighted by molar-refractivity contribution is 0.0900. The molecule has 0 saturated heterocycles. The molecule has 92 valence electrons. The highest BCUT2D eigenvalue weighted by Crippen LogP contribution is 2.40. The highest BCUT2D eigenvalue weighted by molar-refractivity contribution is 5.36. The van der Waals surface area contributed by atoms with Crippen molar-refractivity contribution in [3.63, 3.8) is 0 Å². The zero-order valence-corrected chi connectivity index (χ0v) is 10.7.